The average molecular weight is 179 g/mol. The molecule has 1 aliphatic rings. The molecule has 0 bridgehead atoms. The molecule has 0 aromatic heterocycles. The van der Waals surface area contributed by atoms with Crippen molar-refractivity contribution in [2.75, 3.05) is 13.6 Å². The van der Waals surface area contributed by atoms with Crippen molar-refractivity contribution < 1.29 is 13.5 Å². The SMILES string of the molecule is CNCC1CCC(F)(F)C(C)O1. The lowest BCUT2D eigenvalue weighted by atomic mass is 10.0. The van der Waals surface area contributed by atoms with Crippen LogP contribution in [0.2, 0.25) is 0 Å². The first kappa shape index (κ1) is 9.86. The predicted molar refractivity (Wildman–Crippen MR) is 42.4 cm³/mol. The molecule has 0 amide bonds. The van der Waals surface area contributed by atoms with E-state index in [0.717, 1.165) is 0 Å². The molecule has 0 spiro atoms. The topological polar surface area (TPSA) is 21.3 Å². The summed E-state index contributed by atoms with van der Waals surface area (Å²) in [5.74, 6) is -2.63. The van der Waals surface area contributed by atoms with Crippen LogP contribution in [0, 0.1) is 0 Å². The van der Waals surface area contributed by atoms with E-state index in [2.05, 4.69) is 5.32 Å². The molecule has 0 aromatic rings. The molecule has 1 aliphatic heterocycles. The van der Waals surface area contributed by atoms with Crippen molar-refractivity contribution in [3.05, 3.63) is 0 Å². The van der Waals surface area contributed by atoms with Crippen molar-refractivity contribution in [2.45, 2.75) is 37.9 Å². The van der Waals surface area contributed by atoms with Crippen molar-refractivity contribution in [1.82, 2.24) is 5.32 Å². The van der Waals surface area contributed by atoms with Gasteiger partial charge in [-0.3, -0.25) is 0 Å². The largest absolute Gasteiger partial charge is 0.368 e. The first-order chi connectivity index (χ1) is 5.56. The second kappa shape index (κ2) is 3.66. The zero-order valence-electron chi connectivity index (χ0n) is 7.44. The van der Waals surface area contributed by atoms with Crippen molar-refractivity contribution in [1.29, 1.82) is 0 Å². The average Bonchev–Trinajstić information content (AvgIpc) is 1.98. The molecule has 2 unspecified atom stereocenters. The highest BCUT2D eigenvalue weighted by Crippen LogP contribution is 2.33. The molecule has 1 saturated heterocycles. The molecule has 2 nitrogen and oxygen atoms in total. The third-order valence-corrected chi connectivity index (χ3v) is 2.22. The Morgan fingerprint density at radius 2 is 2.25 bits per heavy atom. The second-order valence-corrected chi connectivity index (χ2v) is 3.26. The van der Waals surface area contributed by atoms with Crippen LogP contribution >= 0.6 is 0 Å². The molecule has 0 aliphatic carbocycles. The van der Waals surface area contributed by atoms with Gasteiger partial charge in [0.2, 0.25) is 0 Å². The van der Waals surface area contributed by atoms with Crippen LogP contribution in [0.1, 0.15) is 19.8 Å². The lowest BCUT2D eigenvalue weighted by Crippen LogP contribution is -2.44. The molecule has 12 heavy (non-hydrogen) atoms. The molecule has 0 saturated carbocycles. The Labute approximate surface area is 71.3 Å². The van der Waals surface area contributed by atoms with Crippen molar-refractivity contribution in [3.8, 4) is 0 Å². The Bertz CT molecular complexity index is 152. The lowest BCUT2D eigenvalue weighted by Gasteiger charge is -2.34. The predicted octanol–water partition coefficient (Wildman–Crippen LogP) is 1.41. The van der Waals surface area contributed by atoms with Gasteiger partial charge in [0.05, 0.1) is 6.10 Å². The van der Waals surface area contributed by atoms with Gasteiger partial charge in [-0.15, -0.1) is 0 Å². The molecule has 1 heterocycles. The number of halogens is 2. The van der Waals surface area contributed by atoms with E-state index in [0.29, 0.717) is 13.0 Å². The van der Waals surface area contributed by atoms with Gasteiger partial charge in [-0.2, -0.15) is 0 Å². The van der Waals surface area contributed by atoms with E-state index < -0.39 is 12.0 Å². The normalized spacial score (nSPS) is 35.0. The summed E-state index contributed by atoms with van der Waals surface area (Å²) in [5, 5.41) is 2.92. The molecule has 1 rings (SSSR count). The summed E-state index contributed by atoms with van der Waals surface area (Å²) in [4.78, 5) is 0. The van der Waals surface area contributed by atoms with E-state index >= 15 is 0 Å². The monoisotopic (exact) mass is 179 g/mol. The number of alkyl halides is 2. The standard InChI is InChI=1S/C8H15F2NO/c1-6-8(9,10)4-3-7(12-6)5-11-2/h6-7,11H,3-5H2,1-2H3. The zero-order chi connectivity index (χ0) is 9.19. The molecule has 1 N–H and O–H groups in total. The molecule has 0 aromatic carbocycles. The van der Waals surface area contributed by atoms with Crippen LogP contribution in [0.4, 0.5) is 8.78 Å². The van der Waals surface area contributed by atoms with Gasteiger partial charge in [0, 0.05) is 13.0 Å². The van der Waals surface area contributed by atoms with Crippen LogP contribution in [-0.4, -0.2) is 31.7 Å². The Balaban J connectivity index is 2.41. The molecule has 0 radical (unpaired) electrons. The summed E-state index contributed by atoms with van der Waals surface area (Å²) >= 11 is 0. The van der Waals surface area contributed by atoms with Crippen molar-refractivity contribution in [2.24, 2.45) is 0 Å². The summed E-state index contributed by atoms with van der Waals surface area (Å²) in [7, 11) is 1.79. The molecule has 72 valence electrons. The maximum atomic E-state index is 12.9. The van der Waals surface area contributed by atoms with Crippen molar-refractivity contribution in [3.63, 3.8) is 0 Å². The fraction of sp³-hybridized carbons (Fsp3) is 1.00. The van der Waals surface area contributed by atoms with Crippen LogP contribution in [0.3, 0.4) is 0 Å². The molecular formula is C8H15F2NO. The molecule has 1 fully saturated rings. The van der Waals surface area contributed by atoms with Crippen LogP contribution in [0.25, 0.3) is 0 Å². The number of likely N-dealkylation sites (N-methyl/N-ethyl adjacent to an activating group) is 1. The lowest BCUT2D eigenvalue weighted by molar-refractivity contribution is -0.189. The van der Waals surface area contributed by atoms with Gasteiger partial charge in [0.1, 0.15) is 6.10 Å². The van der Waals surface area contributed by atoms with E-state index in [-0.39, 0.29) is 12.5 Å². The van der Waals surface area contributed by atoms with E-state index in [1.807, 2.05) is 0 Å². The number of nitrogens with one attached hydrogen (secondary N) is 1. The van der Waals surface area contributed by atoms with E-state index in [9.17, 15) is 8.78 Å². The summed E-state index contributed by atoms with van der Waals surface area (Å²) in [6.07, 6.45) is -0.604. The number of rotatable bonds is 2. The van der Waals surface area contributed by atoms with Gasteiger partial charge < -0.3 is 10.1 Å². The van der Waals surface area contributed by atoms with Gasteiger partial charge in [0.15, 0.2) is 0 Å². The van der Waals surface area contributed by atoms with Crippen LogP contribution in [-0.2, 0) is 4.74 Å². The Morgan fingerprint density at radius 1 is 1.58 bits per heavy atom. The van der Waals surface area contributed by atoms with Gasteiger partial charge in [-0.25, -0.2) is 8.78 Å². The Hall–Kier alpha value is -0.220. The zero-order valence-corrected chi connectivity index (χ0v) is 7.44. The van der Waals surface area contributed by atoms with Crippen molar-refractivity contribution >= 4 is 0 Å². The third kappa shape index (κ3) is 2.14. The van der Waals surface area contributed by atoms with Gasteiger partial charge >= 0.3 is 0 Å². The highest BCUT2D eigenvalue weighted by molar-refractivity contribution is 4.82. The van der Waals surface area contributed by atoms with Crippen LogP contribution < -0.4 is 5.32 Å². The van der Waals surface area contributed by atoms with Crippen LogP contribution in [0.15, 0.2) is 0 Å². The third-order valence-electron chi connectivity index (χ3n) is 2.22. The maximum absolute atomic E-state index is 12.9. The summed E-state index contributed by atoms with van der Waals surface area (Å²) in [6, 6.07) is 0. The first-order valence-electron chi connectivity index (χ1n) is 4.24. The summed E-state index contributed by atoms with van der Waals surface area (Å²) in [6.45, 7) is 2.09. The van der Waals surface area contributed by atoms with Gasteiger partial charge in [0.25, 0.3) is 5.92 Å². The molecular weight excluding hydrogens is 164 g/mol. The smallest absolute Gasteiger partial charge is 0.273 e. The van der Waals surface area contributed by atoms with E-state index in [1.54, 1.807) is 7.05 Å². The van der Waals surface area contributed by atoms with E-state index in [1.165, 1.54) is 6.92 Å². The minimum Gasteiger partial charge on any atom is -0.368 e. The highest BCUT2D eigenvalue weighted by atomic mass is 19.3. The molecule has 2 atom stereocenters. The van der Waals surface area contributed by atoms with Crippen LogP contribution in [0.5, 0.6) is 0 Å². The first-order valence-corrected chi connectivity index (χ1v) is 4.24. The second-order valence-electron chi connectivity index (χ2n) is 3.26. The fourth-order valence-electron chi connectivity index (χ4n) is 1.39. The highest BCUT2D eigenvalue weighted by Gasteiger charge is 2.42. The van der Waals surface area contributed by atoms with Gasteiger partial charge in [-0.1, -0.05) is 0 Å². The van der Waals surface area contributed by atoms with E-state index in [4.69, 9.17) is 4.74 Å². The number of hydrogen-bond acceptors (Lipinski definition) is 2. The van der Waals surface area contributed by atoms with Gasteiger partial charge in [-0.05, 0) is 20.4 Å². The number of hydrogen-bond donors (Lipinski definition) is 1. The Morgan fingerprint density at radius 3 is 2.75 bits per heavy atom. The molecule has 4 heteroatoms. The minimum atomic E-state index is -2.63. The number of ether oxygens (including phenoxy) is 1. The summed E-state index contributed by atoms with van der Waals surface area (Å²) < 4.78 is 30.9. The maximum Gasteiger partial charge on any atom is 0.273 e. The fourth-order valence-corrected chi connectivity index (χ4v) is 1.39. The Kier molecular flexibility index (Phi) is 3.01. The summed E-state index contributed by atoms with van der Waals surface area (Å²) in [5.41, 5.74) is 0. The quantitative estimate of drug-likeness (QED) is 0.692. The minimum absolute atomic E-state index is 0.0513.